The van der Waals surface area contributed by atoms with Gasteiger partial charge in [-0.05, 0) is 57.7 Å². The lowest BCUT2D eigenvalue weighted by molar-refractivity contribution is 0.0912. The molecule has 0 aliphatic carbocycles. The summed E-state index contributed by atoms with van der Waals surface area (Å²) in [6.07, 6.45) is 1.45. The zero-order chi connectivity index (χ0) is 21.9. The van der Waals surface area contributed by atoms with Gasteiger partial charge in [-0.2, -0.15) is 5.10 Å². The first-order valence-electron chi connectivity index (χ1n) is 10.7. The topological polar surface area (TPSA) is 79.3 Å². The quantitative estimate of drug-likeness (QED) is 0.792. The monoisotopic (exact) mass is 411 g/mol. The van der Waals surface area contributed by atoms with Crippen LogP contribution in [0.25, 0.3) is 0 Å². The summed E-state index contributed by atoms with van der Waals surface area (Å²) in [4.78, 5) is 27.0. The number of benzene rings is 1. The van der Waals surface area contributed by atoms with Crippen molar-refractivity contribution in [3.8, 4) is 0 Å². The van der Waals surface area contributed by atoms with Gasteiger partial charge in [0.2, 0.25) is 0 Å². The van der Waals surface area contributed by atoms with Gasteiger partial charge in [0.25, 0.3) is 5.91 Å². The number of amides is 3. The van der Waals surface area contributed by atoms with Gasteiger partial charge in [0.05, 0.1) is 5.54 Å². The summed E-state index contributed by atoms with van der Waals surface area (Å²) < 4.78 is 1.95. The largest absolute Gasteiger partial charge is 0.348 e. The van der Waals surface area contributed by atoms with E-state index in [1.807, 2.05) is 41.1 Å². The Morgan fingerprint density at radius 1 is 1.10 bits per heavy atom. The molecule has 1 aromatic carbocycles. The van der Waals surface area contributed by atoms with Gasteiger partial charge in [-0.1, -0.05) is 32.0 Å². The van der Waals surface area contributed by atoms with E-state index in [-0.39, 0.29) is 29.4 Å². The summed E-state index contributed by atoms with van der Waals surface area (Å²) in [5.74, 6) is 0.136. The molecular weight excluding hydrogens is 378 g/mol. The lowest BCUT2D eigenvalue weighted by Gasteiger charge is -2.32. The molecule has 2 aromatic rings. The van der Waals surface area contributed by atoms with Crippen LogP contribution >= 0.6 is 0 Å². The maximum Gasteiger partial charge on any atom is 0.321 e. The van der Waals surface area contributed by atoms with Crippen LogP contribution in [0.1, 0.15) is 69.6 Å². The van der Waals surface area contributed by atoms with Crippen LogP contribution in [-0.2, 0) is 5.54 Å². The smallest absolute Gasteiger partial charge is 0.321 e. The molecule has 0 saturated carbocycles. The third-order valence-corrected chi connectivity index (χ3v) is 5.34. The van der Waals surface area contributed by atoms with Gasteiger partial charge in [0.15, 0.2) is 0 Å². The number of aromatic nitrogens is 2. The maximum absolute atomic E-state index is 12.8. The van der Waals surface area contributed by atoms with E-state index in [1.54, 1.807) is 4.90 Å². The molecule has 1 fully saturated rings. The Bertz CT molecular complexity index is 875. The molecule has 0 unspecified atom stereocenters. The molecule has 2 heterocycles. The molecule has 0 bridgehead atoms. The van der Waals surface area contributed by atoms with Crippen molar-refractivity contribution in [2.75, 3.05) is 18.4 Å². The highest BCUT2D eigenvalue weighted by Crippen LogP contribution is 2.24. The normalized spacial score (nSPS) is 15.3. The number of carbonyl (C=O) groups is 2. The zero-order valence-corrected chi connectivity index (χ0v) is 18.6. The van der Waals surface area contributed by atoms with Gasteiger partial charge in [0.1, 0.15) is 5.69 Å². The molecule has 1 saturated heterocycles. The van der Waals surface area contributed by atoms with Gasteiger partial charge < -0.3 is 15.5 Å². The summed E-state index contributed by atoms with van der Waals surface area (Å²) in [5.41, 5.74) is 2.11. The summed E-state index contributed by atoms with van der Waals surface area (Å²) in [6, 6.07) is 11.3. The van der Waals surface area contributed by atoms with Crippen molar-refractivity contribution in [2.24, 2.45) is 0 Å². The number of urea groups is 1. The number of nitrogens with one attached hydrogen (secondary N) is 2. The average molecular weight is 412 g/mol. The number of nitrogens with zero attached hydrogens (tertiary/aromatic N) is 3. The highest BCUT2D eigenvalue weighted by molar-refractivity contribution is 5.92. The number of carbonyl (C=O) groups excluding carboxylic acids is 2. The number of hydrogen-bond acceptors (Lipinski definition) is 3. The average Bonchev–Trinajstić information content (AvgIpc) is 3.16. The van der Waals surface area contributed by atoms with Crippen LogP contribution in [0.2, 0.25) is 0 Å². The lowest BCUT2D eigenvalue weighted by Crippen LogP contribution is -2.47. The molecule has 2 N–H and O–H groups in total. The second-order valence-corrected chi connectivity index (χ2v) is 9.22. The molecule has 162 valence electrons. The van der Waals surface area contributed by atoms with Crippen LogP contribution in [0.5, 0.6) is 0 Å². The van der Waals surface area contributed by atoms with Gasteiger partial charge in [-0.15, -0.1) is 0 Å². The van der Waals surface area contributed by atoms with Crippen molar-refractivity contribution in [3.63, 3.8) is 0 Å². The van der Waals surface area contributed by atoms with Crippen LogP contribution < -0.4 is 10.6 Å². The third-order valence-electron chi connectivity index (χ3n) is 5.34. The predicted octanol–water partition coefficient (Wildman–Crippen LogP) is 4.19. The standard InChI is InChI=1S/C23H33N5O2/c1-16(2)20-15-19(26-28(20)23(3,4)5)21(29)24-18-11-13-27(14-12-18)22(30)25-17-9-7-6-8-10-17/h6-10,15-16,18H,11-14H2,1-5H3,(H,24,29)(H,25,30). The van der Waals surface area contributed by atoms with Crippen LogP contribution in [0, 0.1) is 0 Å². The fraction of sp³-hybridized carbons (Fsp3) is 0.522. The first kappa shape index (κ1) is 21.9. The third kappa shape index (κ3) is 5.20. The van der Waals surface area contributed by atoms with Gasteiger partial charge in [0, 0.05) is 30.5 Å². The molecule has 0 atom stereocenters. The van der Waals surface area contributed by atoms with Crippen molar-refractivity contribution in [2.45, 2.75) is 65.0 Å². The van der Waals surface area contributed by atoms with Crippen molar-refractivity contribution < 1.29 is 9.59 Å². The maximum atomic E-state index is 12.8. The summed E-state index contributed by atoms with van der Waals surface area (Å²) >= 11 is 0. The first-order chi connectivity index (χ1) is 14.1. The fourth-order valence-corrected chi connectivity index (χ4v) is 3.67. The highest BCUT2D eigenvalue weighted by Gasteiger charge is 2.27. The summed E-state index contributed by atoms with van der Waals surface area (Å²) in [6.45, 7) is 11.7. The summed E-state index contributed by atoms with van der Waals surface area (Å²) in [7, 11) is 0. The SMILES string of the molecule is CC(C)c1cc(C(=O)NC2CCN(C(=O)Nc3ccccc3)CC2)nn1C(C)(C)C. The molecule has 7 nitrogen and oxygen atoms in total. The number of piperidine rings is 1. The lowest BCUT2D eigenvalue weighted by atomic mass is 10.0. The molecule has 1 aromatic heterocycles. The molecule has 30 heavy (non-hydrogen) atoms. The second-order valence-electron chi connectivity index (χ2n) is 9.22. The Balaban J connectivity index is 1.56. The zero-order valence-electron chi connectivity index (χ0n) is 18.6. The van der Waals surface area contributed by atoms with Crippen LogP contribution in [0.3, 0.4) is 0 Å². The van der Waals surface area contributed by atoms with Crippen molar-refractivity contribution >= 4 is 17.6 Å². The Labute approximate surface area is 178 Å². The minimum Gasteiger partial charge on any atom is -0.348 e. The highest BCUT2D eigenvalue weighted by atomic mass is 16.2. The number of rotatable bonds is 4. The van der Waals surface area contributed by atoms with Crippen LogP contribution in [-0.4, -0.2) is 45.8 Å². The Morgan fingerprint density at radius 2 is 1.73 bits per heavy atom. The van der Waals surface area contributed by atoms with Crippen molar-refractivity contribution in [1.29, 1.82) is 0 Å². The Hall–Kier alpha value is -2.83. The second kappa shape index (κ2) is 8.90. The van der Waals surface area contributed by atoms with E-state index in [1.165, 1.54) is 0 Å². The van der Waals surface area contributed by atoms with E-state index in [4.69, 9.17) is 0 Å². The molecule has 1 aliphatic heterocycles. The minimum absolute atomic E-state index is 0.0422. The van der Waals surface area contributed by atoms with E-state index in [2.05, 4.69) is 50.4 Å². The number of hydrogen-bond donors (Lipinski definition) is 2. The molecule has 3 rings (SSSR count). The number of para-hydroxylation sites is 1. The van der Waals surface area contributed by atoms with E-state index in [9.17, 15) is 9.59 Å². The van der Waals surface area contributed by atoms with Crippen LogP contribution in [0.4, 0.5) is 10.5 Å². The van der Waals surface area contributed by atoms with E-state index < -0.39 is 0 Å². The van der Waals surface area contributed by atoms with E-state index in [0.717, 1.165) is 24.2 Å². The molecule has 7 heteroatoms. The molecule has 3 amide bonds. The Morgan fingerprint density at radius 3 is 2.27 bits per heavy atom. The van der Waals surface area contributed by atoms with Crippen molar-refractivity contribution in [3.05, 3.63) is 47.8 Å². The molecule has 0 radical (unpaired) electrons. The van der Waals surface area contributed by atoms with Crippen molar-refractivity contribution in [1.82, 2.24) is 20.0 Å². The number of likely N-dealkylation sites (tertiary alicyclic amines) is 1. The van der Waals surface area contributed by atoms with Gasteiger partial charge in [-0.25, -0.2) is 4.79 Å². The molecular formula is C23H33N5O2. The molecule has 1 aliphatic rings. The van der Waals surface area contributed by atoms with E-state index >= 15 is 0 Å². The van der Waals surface area contributed by atoms with Crippen LogP contribution in [0.15, 0.2) is 36.4 Å². The Kier molecular flexibility index (Phi) is 6.48. The van der Waals surface area contributed by atoms with E-state index in [0.29, 0.717) is 18.8 Å². The molecule has 0 spiro atoms. The predicted molar refractivity (Wildman–Crippen MR) is 119 cm³/mol. The van der Waals surface area contributed by atoms with Gasteiger partial charge in [-0.3, -0.25) is 9.48 Å². The number of anilines is 1. The summed E-state index contributed by atoms with van der Waals surface area (Å²) in [5, 5.41) is 10.6. The first-order valence-corrected chi connectivity index (χ1v) is 10.7. The fourth-order valence-electron chi connectivity index (χ4n) is 3.67. The van der Waals surface area contributed by atoms with Gasteiger partial charge >= 0.3 is 6.03 Å². The minimum atomic E-state index is -0.185.